The molecule has 0 spiro atoms. The number of nitrogens with one attached hydrogen (secondary N) is 2. The zero-order valence-corrected chi connectivity index (χ0v) is 17.8. The van der Waals surface area contributed by atoms with Crippen molar-refractivity contribution in [1.82, 2.24) is 15.6 Å². The van der Waals surface area contributed by atoms with E-state index in [2.05, 4.69) is 15.6 Å². The molecule has 144 valence electrons. The third-order valence-electron chi connectivity index (χ3n) is 3.70. The fourth-order valence-corrected chi connectivity index (χ4v) is 2.29. The Bertz CT molecular complexity index is 765. The molecule has 0 aliphatic carbocycles. The van der Waals surface area contributed by atoms with E-state index in [0.29, 0.717) is 6.42 Å². The van der Waals surface area contributed by atoms with E-state index in [9.17, 15) is 14.4 Å². The van der Waals surface area contributed by atoms with Crippen LogP contribution in [0.5, 0.6) is 0 Å². The van der Waals surface area contributed by atoms with Crippen molar-refractivity contribution in [2.45, 2.75) is 25.5 Å². The Morgan fingerprint density at radius 1 is 1.11 bits per heavy atom. The largest absolute Gasteiger partial charge is 1.00 e. The molecule has 2 rings (SSSR count). The molecule has 0 radical (unpaired) electrons. The van der Waals surface area contributed by atoms with E-state index >= 15 is 0 Å². The number of primary amides is 1. The molecule has 0 bridgehead atoms. The van der Waals surface area contributed by atoms with Gasteiger partial charge >= 0.3 is 35.7 Å². The summed E-state index contributed by atoms with van der Waals surface area (Å²) in [6, 6.07) is 13.4. The van der Waals surface area contributed by atoms with Gasteiger partial charge in [-0.05, 0) is 30.5 Å². The second kappa shape index (κ2) is 12.9. The van der Waals surface area contributed by atoms with E-state index in [0.717, 1.165) is 5.56 Å². The molecule has 0 saturated carbocycles. The first kappa shape index (κ1) is 23.6. The molecule has 2 aromatic rings. The molecule has 1 heterocycles. The van der Waals surface area contributed by atoms with Crippen LogP contribution in [-0.2, 0) is 16.1 Å². The summed E-state index contributed by atoms with van der Waals surface area (Å²) >= 11 is 0. The number of ether oxygens (including phenoxy) is 1. The Morgan fingerprint density at radius 3 is 2.46 bits per heavy atom. The Balaban J connectivity index is 0.00000392. The number of amides is 3. The molecule has 28 heavy (non-hydrogen) atoms. The van der Waals surface area contributed by atoms with Crippen molar-refractivity contribution in [2.24, 2.45) is 5.73 Å². The molecular formula is C19H23N4NaO4. The molecule has 0 aliphatic heterocycles. The van der Waals surface area contributed by atoms with Crippen LogP contribution in [0.15, 0.2) is 54.7 Å². The number of hydrogen-bond acceptors (Lipinski definition) is 5. The Hall–Kier alpha value is -2.42. The van der Waals surface area contributed by atoms with Gasteiger partial charge in [-0.1, -0.05) is 36.4 Å². The molecule has 4 N–H and O–H groups in total. The molecule has 0 saturated heterocycles. The zero-order valence-electron chi connectivity index (χ0n) is 16.8. The summed E-state index contributed by atoms with van der Waals surface area (Å²) in [5, 5.41) is 5.14. The Labute approximate surface area is 187 Å². The van der Waals surface area contributed by atoms with E-state index in [4.69, 9.17) is 10.5 Å². The summed E-state index contributed by atoms with van der Waals surface area (Å²) in [6.45, 7) is 0.466. The first-order chi connectivity index (χ1) is 13.1. The minimum atomic E-state index is -0.846. The zero-order chi connectivity index (χ0) is 19.5. The number of rotatable bonds is 9. The van der Waals surface area contributed by atoms with Gasteiger partial charge in [0.15, 0.2) is 0 Å². The summed E-state index contributed by atoms with van der Waals surface area (Å²) in [7, 11) is 0. The van der Waals surface area contributed by atoms with Gasteiger partial charge in [0.2, 0.25) is 5.91 Å². The van der Waals surface area contributed by atoms with Crippen LogP contribution < -0.4 is 45.9 Å². The number of aromatic nitrogens is 1. The van der Waals surface area contributed by atoms with Crippen LogP contribution in [0.1, 0.15) is 30.3 Å². The number of nitrogens with zero attached hydrogens (tertiary/aromatic N) is 1. The third kappa shape index (κ3) is 8.51. The van der Waals surface area contributed by atoms with Crippen LogP contribution in [0.4, 0.5) is 4.79 Å². The van der Waals surface area contributed by atoms with Crippen molar-refractivity contribution in [1.29, 1.82) is 0 Å². The molecule has 1 aromatic heterocycles. The van der Waals surface area contributed by atoms with Crippen molar-refractivity contribution in [2.75, 3.05) is 6.54 Å². The normalized spacial score (nSPS) is 10.9. The summed E-state index contributed by atoms with van der Waals surface area (Å²) in [4.78, 5) is 39.2. The monoisotopic (exact) mass is 394 g/mol. The topological polar surface area (TPSA) is 123 Å². The standard InChI is InChI=1S/C19H22N4O4.Na.H/c20-17(24)15(23-18(25)16-9-4-5-11-21-16)10-6-12-22-19(26)27-13-14-7-2-1-3-8-14;;/h1-5,7-9,11,15H,6,10,12-13H2,(H2,20,24)(H,22,26)(H,23,25);;/q;+1;-1. The van der Waals surface area contributed by atoms with E-state index in [-0.39, 0.29) is 56.3 Å². The summed E-state index contributed by atoms with van der Waals surface area (Å²) in [5.41, 5.74) is 6.42. The number of pyridine rings is 1. The van der Waals surface area contributed by atoms with Gasteiger partial charge in [0.05, 0.1) is 0 Å². The van der Waals surface area contributed by atoms with Crippen LogP contribution in [0.25, 0.3) is 0 Å². The molecule has 1 aromatic carbocycles. The third-order valence-corrected chi connectivity index (χ3v) is 3.70. The van der Waals surface area contributed by atoms with Gasteiger partial charge in [0.1, 0.15) is 18.3 Å². The predicted molar refractivity (Wildman–Crippen MR) is 99.7 cm³/mol. The number of nitrogens with two attached hydrogens (primary N) is 1. The summed E-state index contributed by atoms with van der Waals surface area (Å²) in [6.07, 6.45) is 1.66. The smallest absolute Gasteiger partial charge is 1.00 e. The van der Waals surface area contributed by atoms with E-state index in [1.165, 1.54) is 12.3 Å². The quantitative estimate of drug-likeness (QED) is 0.352. The first-order valence-corrected chi connectivity index (χ1v) is 8.52. The van der Waals surface area contributed by atoms with Crippen molar-refractivity contribution >= 4 is 17.9 Å². The van der Waals surface area contributed by atoms with Gasteiger partial charge in [-0.15, -0.1) is 0 Å². The van der Waals surface area contributed by atoms with Gasteiger partial charge in [-0.3, -0.25) is 14.6 Å². The second-order valence-corrected chi connectivity index (χ2v) is 5.77. The Kier molecular flexibility index (Phi) is 10.9. The fourth-order valence-electron chi connectivity index (χ4n) is 2.29. The molecule has 0 aliphatic rings. The van der Waals surface area contributed by atoms with E-state index < -0.39 is 23.9 Å². The molecular weight excluding hydrogens is 371 g/mol. The van der Waals surface area contributed by atoms with E-state index in [1.807, 2.05) is 30.3 Å². The summed E-state index contributed by atoms with van der Waals surface area (Å²) in [5.74, 6) is -1.12. The summed E-state index contributed by atoms with van der Waals surface area (Å²) < 4.78 is 5.09. The van der Waals surface area contributed by atoms with Gasteiger partial charge < -0.3 is 22.5 Å². The molecule has 1 atom stereocenters. The molecule has 3 amide bonds. The molecule has 1 unspecified atom stereocenters. The van der Waals surface area contributed by atoms with Crippen LogP contribution >= 0.6 is 0 Å². The van der Waals surface area contributed by atoms with E-state index in [1.54, 1.807) is 12.1 Å². The SMILES string of the molecule is NC(=O)C(CCCNC(=O)OCc1ccccc1)NC(=O)c1ccccn1.[H-].[Na+]. The maximum absolute atomic E-state index is 12.0. The Morgan fingerprint density at radius 2 is 1.82 bits per heavy atom. The maximum Gasteiger partial charge on any atom is 1.00 e. The molecule has 9 heteroatoms. The van der Waals surface area contributed by atoms with Gasteiger partial charge in [0, 0.05) is 12.7 Å². The number of alkyl carbamates (subject to hydrolysis) is 1. The average molecular weight is 394 g/mol. The number of carbonyl (C=O) groups is 3. The van der Waals surface area contributed by atoms with Crippen molar-refractivity contribution in [3.63, 3.8) is 0 Å². The first-order valence-electron chi connectivity index (χ1n) is 8.52. The molecule has 0 fully saturated rings. The van der Waals surface area contributed by atoms with Gasteiger partial charge in [-0.25, -0.2) is 4.79 Å². The minimum absolute atomic E-state index is 0. The number of hydrogen-bond donors (Lipinski definition) is 3. The van der Waals surface area contributed by atoms with Crippen molar-refractivity contribution in [3.8, 4) is 0 Å². The number of benzene rings is 1. The van der Waals surface area contributed by atoms with Gasteiger partial charge in [0.25, 0.3) is 5.91 Å². The van der Waals surface area contributed by atoms with Crippen molar-refractivity contribution < 1.29 is 50.1 Å². The van der Waals surface area contributed by atoms with Crippen LogP contribution in [0.3, 0.4) is 0 Å². The second-order valence-electron chi connectivity index (χ2n) is 5.77. The minimum Gasteiger partial charge on any atom is -1.00 e. The van der Waals surface area contributed by atoms with Crippen molar-refractivity contribution in [3.05, 3.63) is 66.0 Å². The van der Waals surface area contributed by atoms with Crippen LogP contribution in [-0.4, -0.2) is 35.5 Å². The average Bonchev–Trinajstić information content (AvgIpc) is 2.69. The van der Waals surface area contributed by atoms with Crippen LogP contribution in [0.2, 0.25) is 0 Å². The van der Waals surface area contributed by atoms with Crippen LogP contribution in [0, 0.1) is 0 Å². The van der Waals surface area contributed by atoms with Gasteiger partial charge in [-0.2, -0.15) is 0 Å². The fraction of sp³-hybridized carbons (Fsp3) is 0.263. The molecule has 8 nitrogen and oxygen atoms in total. The number of carbonyl (C=O) groups excluding carboxylic acids is 3. The predicted octanol–water partition coefficient (Wildman–Crippen LogP) is -1.51. The maximum atomic E-state index is 12.0.